The van der Waals surface area contributed by atoms with Crippen molar-refractivity contribution >= 4 is 28.8 Å². The highest BCUT2D eigenvalue weighted by Gasteiger charge is 2.38. The highest BCUT2D eigenvalue weighted by Crippen LogP contribution is 2.38. The third kappa shape index (κ3) is 3.64. The number of fused-ring (bicyclic) bond motifs is 1. The van der Waals surface area contributed by atoms with Gasteiger partial charge >= 0.3 is 6.18 Å². The number of hydrogen-bond donors (Lipinski definition) is 2. The normalized spacial score (nSPS) is 11.7. The van der Waals surface area contributed by atoms with E-state index in [1.807, 2.05) is 0 Å². The number of nitrogens with one attached hydrogen (secondary N) is 2. The summed E-state index contributed by atoms with van der Waals surface area (Å²) < 4.78 is 41.9. The molecule has 0 fully saturated rings. The Labute approximate surface area is 184 Å². The third-order valence-electron chi connectivity index (χ3n) is 4.97. The highest BCUT2D eigenvalue weighted by atomic mass is 35.5. The molecule has 6 nitrogen and oxygen atoms in total. The number of H-pyrrole nitrogens is 1. The smallest absolute Gasteiger partial charge is 0.320 e. The molecule has 2 heterocycles. The minimum absolute atomic E-state index is 0.0128. The lowest BCUT2D eigenvalue weighted by atomic mass is 10.1. The molecule has 2 aromatic carbocycles. The van der Waals surface area contributed by atoms with E-state index in [2.05, 4.69) is 15.4 Å². The molecule has 164 valence electrons. The lowest BCUT2D eigenvalue weighted by molar-refractivity contribution is -0.140. The topological polar surface area (TPSA) is 79.3 Å². The van der Waals surface area contributed by atoms with E-state index < -0.39 is 28.9 Å². The van der Waals surface area contributed by atoms with Gasteiger partial charge in [0.1, 0.15) is 11.3 Å². The van der Waals surface area contributed by atoms with Crippen LogP contribution in [0, 0.1) is 13.8 Å². The number of aromatic nitrogens is 3. The monoisotopic (exact) mass is 460 g/mol. The maximum Gasteiger partial charge on any atom is 0.433 e. The Morgan fingerprint density at radius 3 is 2.44 bits per heavy atom. The molecular formula is C22H16ClF3N4O2. The molecule has 2 N–H and O–H groups in total. The van der Waals surface area contributed by atoms with Crippen molar-refractivity contribution in [2.75, 3.05) is 5.32 Å². The number of halogens is 4. The van der Waals surface area contributed by atoms with Crippen molar-refractivity contribution in [3.05, 3.63) is 86.4 Å². The van der Waals surface area contributed by atoms with E-state index in [1.165, 1.54) is 19.1 Å². The number of carbonyl (C=O) groups is 1. The summed E-state index contributed by atoms with van der Waals surface area (Å²) in [6.45, 7) is 3.14. The van der Waals surface area contributed by atoms with Crippen LogP contribution in [0.2, 0.25) is 5.02 Å². The number of alkyl halides is 3. The van der Waals surface area contributed by atoms with Crippen molar-refractivity contribution < 1.29 is 18.0 Å². The van der Waals surface area contributed by atoms with Gasteiger partial charge in [0.05, 0.1) is 22.0 Å². The van der Waals surface area contributed by atoms with E-state index >= 15 is 0 Å². The fourth-order valence-corrected chi connectivity index (χ4v) is 3.63. The molecule has 0 bridgehead atoms. The van der Waals surface area contributed by atoms with Gasteiger partial charge in [0.25, 0.3) is 11.5 Å². The first-order valence-electron chi connectivity index (χ1n) is 9.44. The van der Waals surface area contributed by atoms with Crippen molar-refractivity contribution in [3.63, 3.8) is 0 Å². The van der Waals surface area contributed by atoms with Crippen molar-refractivity contribution in [2.45, 2.75) is 20.0 Å². The summed E-state index contributed by atoms with van der Waals surface area (Å²) in [5.74, 6) is -0.827. The fourth-order valence-electron chi connectivity index (χ4n) is 3.45. The molecule has 0 saturated heterocycles. The largest absolute Gasteiger partial charge is 0.433 e. The van der Waals surface area contributed by atoms with Crippen LogP contribution in [0.5, 0.6) is 0 Å². The SMILES string of the molecule is Cc1cccc(NC(=O)c2c(C)nc3c(-c4ccccc4)c(C(F)(F)F)[nH]n3c2=O)c1Cl. The average Bonchev–Trinajstić information content (AvgIpc) is 3.12. The molecule has 32 heavy (non-hydrogen) atoms. The molecule has 1 amide bonds. The fraction of sp³-hybridized carbons (Fsp3) is 0.136. The number of amides is 1. The van der Waals surface area contributed by atoms with E-state index in [0.717, 1.165) is 0 Å². The van der Waals surface area contributed by atoms with Crippen LogP contribution in [0.15, 0.2) is 53.3 Å². The number of aryl methyl sites for hydroxylation is 2. The zero-order valence-electron chi connectivity index (χ0n) is 16.8. The van der Waals surface area contributed by atoms with Crippen LogP contribution in [0.1, 0.15) is 27.3 Å². The molecule has 0 radical (unpaired) electrons. The van der Waals surface area contributed by atoms with Gasteiger partial charge in [-0.2, -0.15) is 17.7 Å². The second-order valence-electron chi connectivity index (χ2n) is 7.15. The van der Waals surface area contributed by atoms with Gasteiger partial charge in [0, 0.05) is 0 Å². The van der Waals surface area contributed by atoms with Gasteiger partial charge in [-0.3, -0.25) is 14.7 Å². The Morgan fingerprint density at radius 1 is 1.09 bits per heavy atom. The van der Waals surface area contributed by atoms with Crippen molar-refractivity contribution in [2.24, 2.45) is 0 Å². The zero-order valence-corrected chi connectivity index (χ0v) is 17.6. The molecule has 4 rings (SSSR count). The molecule has 0 unspecified atom stereocenters. The first-order valence-corrected chi connectivity index (χ1v) is 9.81. The molecule has 4 aromatic rings. The number of rotatable bonds is 3. The summed E-state index contributed by atoms with van der Waals surface area (Å²) >= 11 is 6.20. The van der Waals surface area contributed by atoms with Crippen LogP contribution in [0.3, 0.4) is 0 Å². The van der Waals surface area contributed by atoms with Crippen LogP contribution >= 0.6 is 11.6 Å². The summed E-state index contributed by atoms with van der Waals surface area (Å²) in [5, 5.41) is 4.92. The predicted octanol–water partition coefficient (Wildman–Crippen LogP) is 5.23. The standard InChI is InChI=1S/C22H16ClF3N4O2/c1-11-7-6-10-14(17(11)23)28-20(31)15-12(2)27-19-16(13-8-4-3-5-9-13)18(22(24,25)26)29-30(19)21(15)32/h3-10,29H,1-2H3,(H,28,31). The second-order valence-corrected chi connectivity index (χ2v) is 7.53. The molecule has 0 aliphatic rings. The van der Waals surface area contributed by atoms with Crippen LogP contribution in [-0.2, 0) is 6.18 Å². The van der Waals surface area contributed by atoms with Gasteiger partial charge in [-0.15, -0.1) is 0 Å². The first-order chi connectivity index (χ1) is 15.1. The number of aromatic amines is 1. The number of benzene rings is 2. The molecule has 0 aliphatic carbocycles. The van der Waals surface area contributed by atoms with E-state index in [-0.39, 0.29) is 28.2 Å². The van der Waals surface area contributed by atoms with Gasteiger partial charge in [-0.25, -0.2) is 4.98 Å². The van der Waals surface area contributed by atoms with Crippen molar-refractivity contribution in [1.82, 2.24) is 14.6 Å². The maximum absolute atomic E-state index is 13.8. The van der Waals surface area contributed by atoms with Crippen LogP contribution in [-0.4, -0.2) is 20.5 Å². The molecule has 0 saturated carbocycles. The summed E-state index contributed by atoms with van der Waals surface area (Å²) in [6, 6.07) is 12.8. The van der Waals surface area contributed by atoms with Crippen LogP contribution in [0.4, 0.5) is 18.9 Å². The minimum Gasteiger partial charge on any atom is -0.320 e. The molecule has 2 aromatic heterocycles. The highest BCUT2D eigenvalue weighted by molar-refractivity contribution is 6.34. The third-order valence-corrected chi connectivity index (χ3v) is 5.48. The second kappa shape index (κ2) is 7.83. The number of carbonyl (C=O) groups excluding carboxylic acids is 1. The molecule has 10 heteroatoms. The number of nitrogens with zero attached hydrogens (tertiary/aromatic N) is 2. The van der Waals surface area contributed by atoms with Crippen molar-refractivity contribution in [3.8, 4) is 11.1 Å². The molecule has 0 spiro atoms. The predicted molar refractivity (Wildman–Crippen MR) is 115 cm³/mol. The van der Waals surface area contributed by atoms with Crippen LogP contribution in [0.25, 0.3) is 16.8 Å². The Morgan fingerprint density at radius 2 is 1.78 bits per heavy atom. The van der Waals surface area contributed by atoms with E-state index in [4.69, 9.17) is 11.6 Å². The van der Waals surface area contributed by atoms with E-state index in [9.17, 15) is 22.8 Å². The van der Waals surface area contributed by atoms with Gasteiger partial charge in [0.15, 0.2) is 5.65 Å². The first kappa shape index (κ1) is 21.6. The summed E-state index contributed by atoms with van der Waals surface area (Å²) in [5.41, 5.74) is -1.78. The molecular weight excluding hydrogens is 445 g/mol. The number of anilines is 1. The van der Waals surface area contributed by atoms with Crippen LogP contribution < -0.4 is 10.9 Å². The Bertz CT molecular complexity index is 1410. The Hall–Kier alpha value is -3.59. The van der Waals surface area contributed by atoms with Gasteiger partial charge in [-0.1, -0.05) is 54.1 Å². The van der Waals surface area contributed by atoms with E-state index in [1.54, 1.807) is 43.3 Å². The molecule has 0 aliphatic heterocycles. The maximum atomic E-state index is 13.8. The quantitative estimate of drug-likeness (QED) is 0.439. The Kier molecular flexibility index (Phi) is 5.29. The minimum atomic E-state index is -4.78. The lowest BCUT2D eigenvalue weighted by Crippen LogP contribution is -2.29. The lowest BCUT2D eigenvalue weighted by Gasteiger charge is -2.10. The zero-order chi connectivity index (χ0) is 23.2. The summed E-state index contributed by atoms with van der Waals surface area (Å²) in [6.07, 6.45) is -4.78. The van der Waals surface area contributed by atoms with Gasteiger partial charge in [0.2, 0.25) is 0 Å². The average molecular weight is 461 g/mol. The molecule has 0 atom stereocenters. The summed E-state index contributed by atoms with van der Waals surface area (Å²) in [7, 11) is 0. The van der Waals surface area contributed by atoms with Gasteiger partial charge < -0.3 is 5.32 Å². The van der Waals surface area contributed by atoms with Crippen molar-refractivity contribution in [1.29, 1.82) is 0 Å². The van der Waals surface area contributed by atoms with E-state index in [0.29, 0.717) is 15.1 Å². The summed E-state index contributed by atoms with van der Waals surface area (Å²) in [4.78, 5) is 30.1. The number of hydrogen-bond acceptors (Lipinski definition) is 3. The van der Waals surface area contributed by atoms with Gasteiger partial charge in [-0.05, 0) is 31.0 Å². The Balaban J connectivity index is 1.92.